The molecule has 0 rings (SSSR count). The van der Waals surface area contributed by atoms with E-state index >= 15 is 0 Å². The van der Waals surface area contributed by atoms with E-state index in [1.807, 2.05) is 0 Å². The molecular formula is H6O5Pb4. The molecule has 0 atom stereocenters. The summed E-state index contributed by atoms with van der Waals surface area (Å²) >= 11 is 0.0556. The smallest absolute Gasteiger partial charge is 0 e. The van der Waals surface area contributed by atoms with Crippen molar-refractivity contribution < 1.29 is 24.2 Å². The summed E-state index contributed by atoms with van der Waals surface area (Å²) in [6, 6.07) is 0. The molecule has 0 aliphatic heterocycles. The molecule has 0 aromatic heterocycles. The first kappa shape index (κ1) is 55.7. The van der Waals surface area contributed by atoms with Crippen molar-refractivity contribution in [1.29, 1.82) is 0 Å². The van der Waals surface area contributed by atoms with Crippen LogP contribution in [-0.4, -0.2) is 129 Å². The van der Waals surface area contributed by atoms with E-state index in [2.05, 4.69) is 0 Å². The van der Waals surface area contributed by atoms with Gasteiger partial charge in [-0.25, -0.2) is 0 Å². The molecule has 0 aliphatic rings. The summed E-state index contributed by atoms with van der Waals surface area (Å²) < 4.78 is 8.39. The number of hydrogen-bond acceptors (Lipinski definition) is 3. The molecule has 0 aliphatic carbocycles. The van der Waals surface area contributed by atoms with Gasteiger partial charge in [0.25, 0.3) is 0 Å². The van der Waals surface area contributed by atoms with Crippen LogP contribution in [-0.2, 0) is 2.69 Å². The van der Waals surface area contributed by atoms with E-state index in [0.29, 0.717) is 0 Å². The quantitative estimate of drug-likeness (QED) is 0.151. The second-order valence-corrected chi connectivity index (χ2v) is 0. The van der Waals surface area contributed by atoms with Crippen molar-refractivity contribution in [2.45, 2.75) is 0 Å². The molecule has 0 aromatic rings. The van der Waals surface area contributed by atoms with E-state index in [0.717, 1.165) is 0 Å². The zero-order valence-corrected chi connectivity index (χ0v) is 19.9. The van der Waals surface area contributed by atoms with Crippen molar-refractivity contribution in [3.63, 3.8) is 0 Å². The van der Waals surface area contributed by atoms with Crippen LogP contribution < -0.4 is 0 Å². The van der Waals surface area contributed by atoms with E-state index in [9.17, 15) is 0 Å². The fourth-order valence-corrected chi connectivity index (χ4v) is 0. The van der Waals surface area contributed by atoms with Crippen molar-refractivity contribution in [2.75, 3.05) is 0 Å². The Labute approximate surface area is 129 Å². The summed E-state index contributed by atoms with van der Waals surface area (Å²) in [5.41, 5.74) is 0. The minimum Gasteiger partial charge on any atom is 0 e. The van der Waals surface area contributed by atoms with Crippen LogP contribution >= 0.6 is 0 Å². The third kappa shape index (κ3) is 89.0. The Kier molecular flexibility index (Phi) is 675. The summed E-state index contributed by atoms with van der Waals surface area (Å²) in [7, 11) is 0. The average molecular weight is 915 g/mol. The Morgan fingerprint density at radius 1 is 0.778 bits per heavy atom. The molecule has 0 amide bonds. The van der Waals surface area contributed by atoms with Crippen LogP contribution in [0.25, 0.3) is 0 Å². The second-order valence-electron chi connectivity index (χ2n) is 0. The summed E-state index contributed by atoms with van der Waals surface area (Å²) in [6.45, 7) is 0. The van der Waals surface area contributed by atoms with Gasteiger partial charge in [-0.15, -0.1) is 0 Å². The molecule has 0 spiro atoms. The first-order valence-corrected chi connectivity index (χ1v) is 1.99. The zero-order chi connectivity index (χ0) is 4.00. The maximum Gasteiger partial charge on any atom is 0 e. The minimum atomic E-state index is 0. The first-order valence-electron chi connectivity index (χ1n) is 0.404. The van der Waals surface area contributed by atoms with Crippen molar-refractivity contribution in [2.24, 2.45) is 0 Å². The summed E-state index contributed by atoms with van der Waals surface area (Å²) in [6.07, 6.45) is 0. The molecule has 0 fully saturated rings. The summed E-state index contributed by atoms with van der Waals surface area (Å²) in [4.78, 5) is 0. The molecule has 0 aromatic carbocycles. The predicted molar refractivity (Wildman–Crippen MR) is 36.2 cm³/mol. The Balaban J connectivity index is -0.00000000114. The molecule has 0 heterocycles. The number of hydrogen-bond donors (Lipinski definition) is 2. The van der Waals surface area contributed by atoms with Gasteiger partial charge in [0.15, 0.2) is 0 Å². The van der Waals surface area contributed by atoms with Crippen molar-refractivity contribution in [1.82, 2.24) is 0 Å². The van der Waals surface area contributed by atoms with Crippen LogP contribution in [0.1, 0.15) is 0 Å². The second kappa shape index (κ2) is 109. The maximum atomic E-state index is 8.39. The van der Waals surface area contributed by atoms with Crippen LogP contribution in [0.4, 0.5) is 0 Å². The SMILES string of the molecule is O.O.OO.[O]=[Pb].[Pb].[Pb].[Pb]. The molecular weight excluding hydrogens is 909 g/mol. The first-order chi connectivity index (χ1) is 2.00. The van der Waals surface area contributed by atoms with Gasteiger partial charge >= 0.3 is 28.5 Å². The van der Waals surface area contributed by atoms with Gasteiger partial charge in [-0.1, -0.05) is 0 Å². The average Bonchev–Trinajstić information content (AvgIpc) is 1.50. The molecule has 6 N–H and O–H groups in total. The van der Waals surface area contributed by atoms with Crippen LogP contribution in [0.15, 0.2) is 0 Å². The van der Waals surface area contributed by atoms with Crippen molar-refractivity contribution in [3.05, 3.63) is 0 Å². The Bertz CT molecular complexity index is 8.92. The van der Waals surface area contributed by atoms with Gasteiger partial charge in [0, 0.05) is 81.9 Å². The van der Waals surface area contributed by atoms with Crippen LogP contribution in [0.2, 0.25) is 0 Å². The summed E-state index contributed by atoms with van der Waals surface area (Å²) in [5.74, 6) is 0. The summed E-state index contributed by atoms with van der Waals surface area (Å²) in [5, 5.41) is 12.0. The Hall–Kier alpha value is 3.33. The largest absolute Gasteiger partial charge is 0 e. The van der Waals surface area contributed by atoms with E-state index < -0.39 is 0 Å². The van der Waals surface area contributed by atoms with Gasteiger partial charge in [-0.05, 0) is 0 Å². The molecule has 0 saturated heterocycles. The molecule has 0 saturated carbocycles. The van der Waals surface area contributed by atoms with Crippen LogP contribution in [0.5, 0.6) is 0 Å². The number of rotatable bonds is 0. The monoisotopic (exact) mass is 918 g/mol. The maximum absolute atomic E-state index is 8.39. The fraction of sp³-hybridized carbons (Fsp3) is 0. The van der Waals surface area contributed by atoms with Crippen LogP contribution in [0, 0.1) is 0 Å². The Morgan fingerprint density at radius 2 is 0.778 bits per heavy atom. The molecule has 9 heteroatoms. The molecule has 14 radical (unpaired) electrons. The van der Waals surface area contributed by atoms with Gasteiger partial charge in [0.05, 0.1) is 0 Å². The molecule has 0 unspecified atom stereocenters. The predicted octanol–water partition coefficient (Wildman–Crippen LogP) is -3.27. The van der Waals surface area contributed by atoms with Gasteiger partial charge in [0.2, 0.25) is 0 Å². The third-order valence-corrected chi connectivity index (χ3v) is 0. The van der Waals surface area contributed by atoms with Gasteiger partial charge in [-0.3, -0.25) is 10.5 Å². The van der Waals surface area contributed by atoms with E-state index in [1.54, 1.807) is 0 Å². The molecule has 0 bridgehead atoms. The van der Waals surface area contributed by atoms with Gasteiger partial charge in [-0.2, -0.15) is 0 Å². The van der Waals surface area contributed by atoms with Crippen molar-refractivity contribution >= 4 is 108 Å². The van der Waals surface area contributed by atoms with Crippen LogP contribution in [0.3, 0.4) is 0 Å². The molecule has 52 valence electrons. The van der Waals surface area contributed by atoms with E-state index in [-0.39, 0.29) is 119 Å². The topological polar surface area (TPSA) is 121 Å². The molecule has 9 heavy (non-hydrogen) atoms. The van der Waals surface area contributed by atoms with E-state index in [4.69, 9.17) is 13.2 Å². The van der Waals surface area contributed by atoms with Gasteiger partial charge < -0.3 is 11.0 Å². The van der Waals surface area contributed by atoms with Crippen molar-refractivity contribution in [3.8, 4) is 0 Å². The fourth-order valence-electron chi connectivity index (χ4n) is 0. The third-order valence-electron chi connectivity index (χ3n) is 0. The minimum absolute atomic E-state index is 0. The van der Waals surface area contributed by atoms with E-state index in [1.165, 1.54) is 0 Å². The molecule has 5 nitrogen and oxygen atoms in total. The Morgan fingerprint density at radius 3 is 0.778 bits per heavy atom. The zero-order valence-electron chi connectivity index (χ0n) is 4.30. The van der Waals surface area contributed by atoms with Gasteiger partial charge in [0.1, 0.15) is 0 Å². The standard InChI is InChI=1S/H2O2.2H2O.O.4Pb/c1-2;;;;;;;/h1-2H;2*1H2;;;;;. The normalized spacial score (nSPS) is 1.11.